The van der Waals surface area contributed by atoms with Gasteiger partial charge >= 0.3 is 0 Å². The number of carbonyl (C=O) groups is 1. The van der Waals surface area contributed by atoms with Crippen molar-refractivity contribution in [2.24, 2.45) is 0 Å². The quantitative estimate of drug-likeness (QED) is 0.807. The largest absolute Gasteiger partial charge is 0.497 e. The highest BCUT2D eigenvalue weighted by molar-refractivity contribution is 5.96. The highest BCUT2D eigenvalue weighted by atomic mass is 16.5. The minimum Gasteiger partial charge on any atom is -0.497 e. The fourth-order valence-corrected chi connectivity index (χ4v) is 2.31. The molecule has 2 heteroatoms. The number of Topliss-reactive ketones (excluding diaryl/α,β-unsaturated/α-hetero) is 1. The van der Waals surface area contributed by atoms with E-state index in [1.54, 1.807) is 7.11 Å². The van der Waals surface area contributed by atoms with E-state index in [1.807, 2.05) is 24.3 Å². The molecule has 0 fully saturated rings. The predicted molar refractivity (Wildman–Crippen MR) is 72.9 cm³/mol. The molecule has 0 amide bonds. The van der Waals surface area contributed by atoms with Crippen LogP contribution in [0, 0.1) is 0 Å². The van der Waals surface area contributed by atoms with Crippen molar-refractivity contribution in [2.75, 3.05) is 7.11 Å². The summed E-state index contributed by atoms with van der Waals surface area (Å²) in [6, 6.07) is 7.75. The molecule has 0 unspecified atom stereocenters. The van der Waals surface area contributed by atoms with Crippen LogP contribution in [0.25, 0.3) is 0 Å². The first-order valence-corrected chi connectivity index (χ1v) is 6.65. The molecule has 1 aliphatic rings. The number of hydrogen-bond acceptors (Lipinski definition) is 2. The van der Waals surface area contributed by atoms with E-state index in [0.29, 0.717) is 6.42 Å². The fraction of sp³-hybridized carbons (Fsp3) is 0.438. The molecular weight excluding hydrogens is 224 g/mol. The molecule has 0 atom stereocenters. The third-order valence-corrected chi connectivity index (χ3v) is 3.42. The van der Waals surface area contributed by atoms with E-state index in [9.17, 15) is 4.79 Å². The third kappa shape index (κ3) is 3.46. The van der Waals surface area contributed by atoms with Gasteiger partial charge in [-0.1, -0.05) is 24.6 Å². The SMILES string of the molecule is COc1ccc(CC(=O)C2=CCCCCC2)cc1. The molecule has 0 heterocycles. The number of benzene rings is 1. The van der Waals surface area contributed by atoms with Gasteiger partial charge in [0, 0.05) is 6.42 Å². The van der Waals surface area contributed by atoms with E-state index < -0.39 is 0 Å². The Labute approximate surface area is 109 Å². The molecule has 0 aliphatic heterocycles. The minimum atomic E-state index is 0.280. The Bertz CT molecular complexity index is 429. The summed E-state index contributed by atoms with van der Waals surface area (Å²) in [5, 5.41) is 0. The molecule has 2 nitrogen and oxygen atoms in total. The summed E-state index contributed by atoms with van der Waals surface area (Å²) in [4.78, 5) is 12.2. The molecule has 1 aromatic carbocycles. The van der Waals surface area contributed by atoms with E-state index >= 15 is 0 Å². The number of ether oxygens (including phenoxy) is 1. The number of ketones is 1. The van der Waals surface area contributed by atoms with Gasteiger partial charge in [-0.25, -0.2) is 0 Å². The highest BCUT2D eigenvalue weighted by Gasteiger charge is 2.12. The van der Waals surface area contributed by atoms with E-state index in [4.69, 9.17) is 4.74 Å². The summed E-state index contributed by atoms with van der Waals surface area (Å²) in [6.07, 6.45) is 8.28. The lowest BCUT2D eigenvalue weighted by Gasteiger charge is -2.05. The standard InChI is InChI=1S/C16H20O2/c1-18-15-10-8-13(9-11-15)12-16(17)14-6-4-2-3-5-7-14/h6,8-11H,2-5,7,12H2,1H3. The zero-order valence-corrected chi connectivity index (χ0v) is 10.9. The second-order valence-corrected chi connectivity index (χ2v) is 4.78. The number of hydrogen-bond donors (Lipinski definition) is 0. The van der Waals surface area contributed by atoms with E-state index in [2.05, 4.69) is 6.08 Å². The Kier molecular flexibility index (Phi) is 4.57. The van der Waals surface area contributed by atoms with Gasteiger partial charge in [0.25, 0.3) is 0 Å². The number of methoxy groups -OCH3 is 1. The van der Waals surface area contributed by atoms with Crippen LogP contribution in [-0.2, 0) is 11.2 Å². The smallest absolute Gasteiger partial charge is 0.162 e. The average molecular weight is 244 g/mol. The lowest BCUT2D eigenvalue weighted by molar-refractivity contribution is -0.115. The highest BCUT2D eigenvalue weighted by Crippen LogP contribution is 2.20. The first-order chi connectivity index (χ1) is 8.79. The van der Waals surface area contributed by atoms with E-state index in [1.165, 1.54) is 12.8 Å². The second-order valence-electron chi connectivity index (χ2n) is 4.78. The van der Waals surface area contributed by atoms with Crippen LogP contribution in [-0.4, -0.2) is 12.9 Å². The van der Waals surface area contributed by atoms with Gasteiger partial charge < -0.3 is 4.74 Å². The van der Waals surface area contributed by atoms with Crippen LogP contribution in [0.5, 0.6) is 5.75 Å². The third-order valence-electron chi connectivity index (χ3n) is 3.42. The van der Waals surface area contributed by atoms with Crippen LogP contribution in [0.4, 0.5) is 0 Å². The summed E-state index contributed by atoms with van der Waals surface area (Å²) >= 11 is 0. The van der Waals surface area contributed by atoms with Gasteiger partial charge in [-0.3, -0.25) is 4.79 Å². The van der Waals surface area contributed by atoms with Gasteiger partial charge in [0.2, 0.25) is 0 Å². The summed E-state index contributed by atoms with van der Waals surface area (Å²) in [6.45, 7) is 0. The number of rotatable bonds is 4. The van der Waals surface area contributed by atoms with Crippen molar-refractivity contribution in [1.82, 2.24) is 0 Å². The maximum atomic E-state index is 12.2. The fourth-order valence-electron chi connectivity index (χ4n) is 2.31. The van der Waals surface area contributed by atoms with Crippen LogP contribution in [0.1, 0.15) is 37.7 Å². The Morgan fingerprint density at radius 3 is 2.67 bits per heavy atom. The molecule has 96 valence electrons. The molecule has 0 saturated heterocycles. The van der Waals surface area contributed by atoms with Gasteiger partial charge in [-0.2, -0.15) is 0 Å². The molecule has 0 saturated carbocycles. The molecule has 2 rings (SSSR count). The summed E-state index contributed by atoms with van der Waals surface area (Å²) in [5.74, 6) is 1.11. The number of allylic oxidation sites excluding steroid dienone is 2. The first kappa shape index (κ1) is 12.9. The van der Waals surface area contributed by atoms with Crippen LogP contribution in [0.2, 0.25) is 0 Å². The van der Waals surface area contributed by atoms with E-state index in [-0.39, 0.29) is 5.78 Å². The van der Waals surface area contributed by atoms with Crippen LogP contribution >= 0.6 is 0 Å². The van der Waals surface area contributed by atoms with Gasteiger partial charge in [-0.15, -0.1) is 0 Å². The second kappa shape index (κ2) is 6.39. The Morgan fingerprint density at radius 2 is 1.94 bits per heavy atom. The minimum absolute atomic E-state index is 0.280. The van der Waals surface area contributed by atoms with Crippen molar-refractivity contribution < 1.29 is 9.53 Å². The molecule has 1 aliphatic carbocycles. The molecule has 0 radical (unpaired) electrons. The molecule has 18 heavy (non-hydrogen) atoms. The molecule has 0 N–H and O–H groups in total. The topological polar surface area (TPSA) is 26.3 Å². The molecule has 0 spiro atoms. The van der Waals surface area contributed by atoms with Crippen LogP contribution in [0.3, 0.4) is 0 Å². The summed E-state index contributed by atoms with van der Waals surface area (Å²) in [5.41, 5.74) is 2.09. The molecule has 0 aromatic heterocycles. The van der Waals surface area contributed by atoms with Gasteiger partial charge in [0.1, 0.15) is 5.75 Å². The first-order valence-electron chi connectivity index (χ1n) is 6.65. The van der Waals surface area contributed by atoms with Crippen LogP contribution < -0.4 is 4.74 Å². The van der Waals surface area contributed by atoms with Crippen molar-refractivity contribution in [3.63, 3.8) is 0 Å². The molecule has 0 bridgehead atoms. The summed E-state index contributed by atoms with van der Waals surface area (Å²) < 4.78 is 5.11. The predicted octanol–water partition coefficient (Wildman–Crippen LogP) is 3.70. The van der Waals surface area contributed by atoms with Crippen molar-refractivity contribution >= 4 is 5.78 Å². The van der Waals surface area contributed by atoms with Crippen molar-refractivity contribution in [3.8, 4) is 5.75 Å². The Morgan fingerprint density at radius 1 is 1.17 bits per heavy atom. The summed E-state index contributed by atoms with van der Waals surface area (Å²) in [7, 11) is 1.65. The number of carbonyl (C=O) groups excluding carboxylic acids is 1. The normalized spacial score (nSPS) is 15.7. The molecular formula is C16H20O2. The van der Waals surface area contributed by atoms with Crippen molar-refractivity contribution in [3.05, 3.63) is 41.5 Å². The maximum absolute atomic E-state index is 12.2. The zero-order valence-electron chi connectivity index (χ0n) is 10.9. The Balaban J connectivity index is 1.99. The maximum Gasteiger partial charge on any atom is 0.162 e. The Hall–Kier alpha value is -1.57. The zero-order chi connectivity index (χ0) is 12.8. The monoisotopic (exact) mass is 244 g/mol. The van der Waals surface area contributed by atoms with Gasteiger partial charge in [0.15, 0.2) is 5.78 Å². The average Bonchev–Trinajstić information content (AvgIpc) is 2.68. The van der Waals surface area contributed by atoms with Crippen molar-refractivity contribution in [2.45, 2.75) is 38.5 Å². The lowest BCUT2D eigenvalue weighted by atomic mass is 10.00. The van der Waals surface area contributed by atoms with Crippen molar-refractivity contribution in [1.29, 1.82) is 0 Å². The van der Waals surface area contributed by atoms with Gasteiger partial charge in [0.05, 0.1) is 7.11 Å². The van der Waals surface area contributed by atoms with E-state index in [0.717, 1.165) is 36.1 Å². The van der Waals surface area contributed by atoms with Crippen LogP contribution in [0.15, 0.2) is 35.9 Å². The lowest BCUT2D eigenvalue weighted by Crippen LogP contribution is -2.06. The molecule has 1 aromatic rings. The van der Waals surface area contributed by atoms with Gasteiger partial charge in [-0.05, 0) is 49.0 Å².